The fourth-order valence-electron chi connectivity index (χ4n) is 0.943. The highest BCUT2D eigenvalue weighted by molar-refractivity contribution is 5.71. The van der Waals surface area contributed by atoms with Gasteiger partial charge < -0.3 is 0 Å². The second kappa shape index (κ2) is 5.31. The number of hydrogen-bond acceptors (Lipinski definition) is 1. The van der Waals surface area contributed by atoms with Crippen molar-refractivity contribution in [3.05, 3.63) is 47.5 Å². The second-order valence-electron chi connectivity index (χ2n) is 3.22. The van der Waals surface area contributed by atoms with Crippen molar-refractivity contribution in [1.82, 2.24) is 0 Å². The first-order valence-electron chi connectivity index (χ1n) is 4.46. The summed E-state index contributed by atoms with van der Waals surface area (Å²) in [7, 11) is 0. The standard InChI is InChI=1S/C12H15N/c1-11(2)8-9-13-10-12-6-4-3-5-7-12/h3-9H,10H2,1-2H3. The average Bonchev–Trinajstić information content (AvgIpc) is 2.14. The Balaban J connectivity index is 2.44. The van der Waals surface area contributed by atoms with Gasteiger partial charge in [0, 0.05) is 6.21 Å². The van der Waals surface area contributed by atoms with E-state index in [9.17, 15) is 0 Å². The lowest BCUT2D eigenvalue weighted by Gasteiger charge is -1.92. The van der Waals surface area contributed by atoms with E-state index in [1.54, 1.807) is 0 Å². The first kappa shape index (κ1) is 9.72. The molecule has 0 atom stereocenters. The van der Waals surface area contributed by atoms with Crippen LogP contribution >= 0.6 is 0 Å². The molecule has 1 heteroatoms. The van der Waals surface area contributed by atoms with E-state index >= 15 is 0 Å². The summed E-state index contributed by atoms with van der Waals surface area (Å²) in [5.74, 6) is 0. The van der Waals surface area contributed by atoms with Crippen LogP contribution in [-0.2, 0) is 6.54 Å². The molecule has 0 saturated heterocycles. The van der Waals surface area contributed by atoms with Gasteiger partial charge in [0.1, 0.15) is 0 Å². The van der Waals surface area contributed by atoms with Crippen LogP contribution in [0.3, 0.4) is 0 Å². The molecule has 0 amide bonds. The Morgan fingerprint density at radius 1 is 1.23 bits per heavy atom. The Morgan fingerprint density at radius 3 is 2.54 bits per heavy atom. The predicted molar refractivity (Wildman–Crippen MR) is 58.1 cm³/mol. The molecule has 0 saturated carbocycles. The lowest BCUT2D eigenvalue weighted by atomic mass is 10.2. The molecule has 0 bridgehead atoms. The number of benzene rings is 1. The van der Waals surface area contributed by atoms with Gasteiger partial charge in [0.05, 0.1) is 6.54 Å². The van der Waals surface area contributed by atoms with Crippen LogP contribution in [0, 0.1) is 0 Å². The molecule has 13 heavy (non-hydrogen) atoms. The van der Waals surface area contributed by atoms with Crippen LogP contribution in [0.5, 0.6) is 0 Å². The van der Waals surface area contributed by atoms with Gasteiger partial charge in [-0.25, -0.2) is 0 Å². The van der Waals surface area contributed by atoms with Crippen molar-refractivity contribution in [3.63, 3.8) is 0 Å². The molecule has 0 unspecified atom stereocenters. The second-order valence-corrected chi connectivity index (χ2v) is 3.22. The largest absolute Gasteiger partial charge is 0.288 e. The number of rotatable bonds is 3. The van der Waals surface area contributed by atoms with Crippen LogP contribution in [-0.4, -0.2) is 6.21 Å². The fraction of sp³-hybridized carbons (Fsp3) is 0.250. The SMILES string of the molecule is CC(C)=CC=NCc1ccccc1. The summed E-state index contributed by atoms with van der Waals surface area (Å²) in [5.41, 5.74) is 2.53. The van der Waals surface area contributed by atoms with Gasteiger partial charge in [0.15, 0.2) is 0 Å². The van der Waals surface area contributed by atoms with E-state index in [2.05, 4.69) is 31.0 Å². The molecular weight excluding hydrogens is 158 g/mol. The molecule has 0 aromatic heterocycles. The third-order valence-corrected chi connectivity index (χ3v) is 1.63. The number of allylic oxidation sites excluding steroid dienone is 2. The zero-order valence-electron chi connectivity index (χ0n) is 8.20. The van der Waals surface area contributed by atoms with E-state index in [0.717, 1.165) is 6.54 Å². The minimum atomic E-state index is 0.768. The predicted octanol–water partition coefficient (Wildman–Crippen LogP) is 3.22. The number of aliphatic imine (C=N–C) groups is 1. The molecule has 0 radical (unpaired) electrons. The maximum absolute atomic E-state index is 4.28. The van der Waals surface area contributed by atoms with Gasteiger partial charge >= 0.3 is 0 Å². The maximum atomic E-state index is 4.28. The molecular formula is C12H15N. The average molecular weight is 173 g/mol. The van der Waals surface area contributed by atoms with Crippen molar-refractivity contribution < 1.29 is 0 Å². The van der Waals surface area contributed by atoms with Gasteiger partial charge in [-0.1, -0.05) is 35.9 Å². The Labute approximate surface area is 79.8 Å². The molecule has 0 fully saturated rings. The van der Waals surface area contributed by atoms with Crippen LogP contribution < -0.4 is 0 Å². The summed E-state index contributed by atoms with van der Waals surface area (Å²) in [4.78, 5) is 4.28. The number of hydrogen-bond donors (Lipinski definition) is 0. The summed E-state index contributed by atoms with van der Waals surface area (Å²) in [6, 6.07) is 10.3. The van der Waals surface area contributed by atoms with Gasteiger partial charge in [0.25, 0.3) is 0 Å². The van der Waals surface area contributed by atoms with E-state index in [1.807, 2.05) is 30.5 Å². The van der Waals surface area contributed by atoms with E-state index in [-0.39, 0.29) is 0 Å². The van der Waals surface area contributed by atoms with Crippen molar-refractivity contribution in [2.24, 2.45) is 4.99 Å². The van der Waals surface area contributed by atoms with Gasteiger partial charge in [0.2, 0.25) is 0 Å². The number of nitrogens with zero attached hydrogens (tertiary/aromatic N) is 1. The molecule has 1 nitrogen and oxygen atoms in total. The van der Waals surface area contributed by atoms with Crippen LogP contribution in [0.2, 0.25) is 0 Å². The van der Waals surface area contributed by atoms with Crippen LogP contribution in [0.25, 0.3) is 0 Å². The minimum absolute atomic E-state index is 0.768. The van der Waals surface area contributed by atoms with Gasteiger partial charge in [-0.15, -0.1) is 0 Å². The van der Waals surface area contributed by atoms with Crippen molar-refractivity contribution >= 4 is 6.21 Å². The summed E-state index contributed by atoms with van der Waals surface area (Å²) >= 11 is 0. The smallest absolute Gasteiger partial charge is 0.0639 e. The first-order valence-corrected chi connectivity index (χ1v) is 4.46. The maximum Gasteiger partial charge on any atom is 0.0639 e. The molecule has 0 heterocycles. The Kier molecular flexibility index (Phi) is 3.97. The van der Waals surface area contributed by atoms with Gasteiger partial charge in [-0.3, -0.25) is 4.99 Å². The summed E-state index contributed by atoms with van der Waals surface area (Å²) in [5, 5.41) is 0. The van der Waals surface area contributed by atoms with Gasteiger partial charge in [-0.2, -0.15) is 0 Å². The molecule has 0 spiro atoms. The lowest BCUT2D eigenvalue weighted by Crippen LogP contribution is -1.79. The Morgan fingerprint density at radius 2 is 1.92 bits per heavy atom. The molecule has 0 aliphatic heterocycles. The van der Waals surface area contributed by atoms with E-state index in [4.69, 9.17) is 0 Å². The zero-order chi connectivity index (χ0) is 9.52. The van der Waals surface area contributed by atoms with Crippen LogP contribution in [0.15, 0.2) is 47.0 Å². The first-order chi connectivity index (χ1) is 6.29. The summed E-state index contributed by atoms with van der Waals surface area (Å²) in [6.45, 7) is 4.90. The van der Waals surface area contributed by atoms with Crippen LogP contribution in [0.4, 0.5) is 0 Å². The Bertz CT molecular complexity index is 292. The van der Waals surface area contributed by atoms with E-state index in [0.29, 0.717) is 0 Å². The van der Waals surface area contributed by atoms with Crippen molar-refractivity contribution in [2.45, 2.75) is 20.4 Å². The molecule has 0 aliphatic carbocycles. The normalized spacial score (nSPS) is 10.3. The highest BCUT2D eigenvalue weighted by atomic mass is 14.7. The highest BCUT2D eigenvalue weighted by Crippen LogP contribution is 1.99. The van der Waals surface area contributed by atoms with Crippen molar-refractivity contribution in [2.75, 3.05) is 0 Å². The third-order valence-electron chi connectivity index (χ3n) is 1.63. The fourth-order valence-corrected chi connectivity index (χ4v) is 0.943. The highest BCUT2D eigenvalue weighted by Gasteiger charge is 1.84. The molecule has 0 N–H and O–H groups in total. The monoisotopic (exact) mass is 173 g/mol. The quantitative estimate of drug-likeness (QED) is 0.622. The summed E-state index contributed by atoms with van der Waals surface area (Å²) in [6.07, 6.45) is 3.88. The molecule has 0 aliphatic rings. The molecule has 1 aromatic rings. The summed E-state index contributed by atoms with van der Waals surface area (Å²) < 4.78 is 0. The van der Waals surface area contributed by atoms with E-state index < -0.39 is 0 Å². The van der Waals surface area contributed by atoms with Crippen molar-refractivity contribution in [1.29, 1.82) is 0 Å². The topological polar surface area (TPSA) is 12.4 Å². The third kappa shape index (κ3) is 4.26. The van der Waals surface area contributed by atoms with Crippen molar-refractivity contribution in [3.8, 4) is 0 Å². The minimum Gasteiger partial charge on any atom is -0.288 e. The lowest BCUT2D eigenvalue weighted by molar-refractivity contribution is 1.08. The Hall–Kier alpha value is -1.37. The zero-order valence-corrected chi connectivity index (χ0v) is 8.20. The van der Waals surface area contributed by atoms with Crippen LogP contribution in [0.1, 0.15) is 19.4 Å². The molecule has 1 aromatic carbocycles. The molecule has 68 valence electrons. The van der Waals surface area contributed by atoms with Gasteiger partial charge in [-0.05, 0) is 25.5 Å². The van der Waals surface area contributed by atoms with E-state index in [1.165, 1.54) is 11.1 Å². The molecule has 1 rings (SSSR count).